The highest BCUT2D eigenvalue weighted by Crippen LogP contribution is 2.23. The van der Waals surface area contributed by atoms with Crippen molar-refractivity contribution in [2.45, 2.75) is 32.2 Å². The fraction of sp³-hybridized carbons (Fsp3) is 0.278. The molecule has 0 saturated carbocycles. The number of thioether (sulfide) groups is 1. The fourth-order valence-electron chi connectivity index (χ4n) is 2.00. The minimum atomic E-state index is -0.239. The number of aryl methyl sites for hydroxylation is 3. The molecule has 22 heavy (non-hydrogen) atoms. The molecule has 0 fully saturated rings. The molecule has 2 aromatic carbocycles. The first-order chi connectivity index (χ1) is 10.5. The van der Waals surface area contributed by atoms with Crippen molar-refractivity contribution in [2.24, 2.45) is 0 Å². The van der Waals surface area contributed by atoms with Gasteiger partial charge in [0.2, 0.25) is 5.91 Å². The lowest BCUT2D eigenvalue weighted by atomic mass is 10.1. The Bertz CT molecular complexity index is 685. The highest BCUT2D eigenvalue weighted by molar-refractivity contribution is 8.00. The molecule has 0 spiro atoms. The second-order valence-corrected chi connectivity index (χ2v) is 6.44. The third kappa shape index (κ3) is 4.60. The smallest absolute Gasteiger partial charge is 0.230 e. The lowest BCUT2D eigenvalue weighted by molar-refractivity contribution is -0.118. The molecule has 0 aliphatic heterocycles. The van der Waals surface area contributed by atoms with Crippen LogP contribution in [0.15, 0.2) is 41.3 Å². The van der Waals surface area contributed by atoms with Crippen LogP contribution in [0.2, 0.25) is 0 Å². The molecule has 0 aliphatic carbocycles. The first-order valence-electron chi connectivity index (χ1n) is 7.17. The molecule has 0 bridgehead atoms. The quantitative estimate of drug-likeness (QED) is 0.839. The van der Waals surface area contributed by atoms with Gasteiger partial charge in [0.05, 0.1) is 5.75 Å². The highest BCUT2D eigenvalue weighted by Gasteiger charge is 2.06. The van der Waals surface area contributed by atoms with Gasteiger partial charge in [0, 0.05) is 11.4 Å². The summed E-state index contributed by atoms with van der Waals surface area (Å²) in [7, 11) is 0. The van der Waals surface area contributed by atoms with E-state index < -0.39 is 0 Å². The van der Waals surface area contributed by atoms with Gasteiger partial charge in [-0.05, 0) is 49.6 Å². The van der Waals surface area contributed by atoms with E-state index in [-0.39, 0.29) is 11.7 Å². The second kappa shape index (κ2) is 7.45. The molecule has 1 amide bonds. The van der Waals surface area contributed by atoms with Crippen LogP contribution in [0.25, 0.3) is 0 Å². The van der Waals surface area contributed by atoms with Gasteiger partial charge >= 0.3 is 0 Å². The van der Waals surface area contributed by atoms with Crippen molar-refractivity contribution in [1.29, 1.82) is 0 Å². The second-order valence-electron chi connectivity index (χ2n) is 5.42. The molecule has 0 saturated heterocycles. The molecular weight excluding hydrogens is 297 g/mol. The Morgan fingerprint density at radius 2 is 1.82 bits per heavy atom. The number of halogens is 1. The minimum absolute atomic E-state index is 0.0492. The average Bonchev–Trinajstić information content (AvgIpc) is 2.49. The number of benzene rings is 2. The van der Waals surface area contributed by atoms with Crippen molar-refractivity contribution in [3.8, 4) is 0 Å². The molecular formula is C18H20FNOS. The van der Waals surface area contributed by atoms with Gasteiger partial charge in [0.1, 0.15) is 5.82 Å². The van der Waals surface area contributed by atoms with Gasteiger partial charge in [-0.2, -0.15) is 0 Å². The summed E-state index contributed by atoms with van der Waals surface area (Å²) in [6.45, 7) is 6.15. The maximum Gasteiger partial charge on any atom is 0.230 e. The molecule has 2 rings (SSSR count). The maximum atomic E-state index is 13.4. The average molecular weight is 317 g/mol. The Hall–Kier alpha value is -1.81. The number of hydrogen-bond donors (Lipinski definition) is 1. The lowest BCUT2D eigenvalue weighted by Crippen LogP contribution is -2.24. The number of rotatable bonds is 5. The summed E-state index contributed by atoms with van der Waals surface area (Å²) >= 11 is 1.52. The zero-order valence-electron chi connectivity index (χ0n) is 13.1. The van der Waals surface area contributed by atoms with E-state index >= 15 is 0 Å². The standard InChI is InChI=1S/C18H20FNOS/c1-12-4-5-14(3)17(8-12)22-11-18(21)20-10-15-7-6-13(2)16(19)9-15/h4-9H,10-11H2,1-3H3,(H,20,21). The summed E-state index contributed by atoms with van der Waals surface area (Å²) in [4.78, 5) is 13.0. The van der Waals surface area contributed by atoms with Gasteiger partial charge in [-0.3, -0.25) is 4.79 Å². The van der Waals surface area contributed by atoms with E-state index in [1.807, 2.05) is 19.9 Å². The number of nitrogens with one attached hydrogen (secondary N) is 1. The van der Waals surface area contributed by atoms with E-state index in [1.54, 1.807) is 13.0 Å². The van der Waals surface area contributed by atoms with Crippen LogP contribution in [0, 0.1) is 26.6 Å². The predicted octanol–water partition coefficient (Wildman–Crippen LogP) is 4.16. The molecule has 2 nitrogen and oxygen atoms in total. The van der Waals surface area contributed by atoms with E-state index in [4.69, 9.17) is 0 Å². The summed E-state index contributed by atoms with van der Waals surface area (Å²) in [5.41, 5.74) is 3.74. The Labute approximate surface area is 135 Å². The van der Waals surface area contributed by atoms with Crippen molar-refractivity contribution < 1.29 is 9.18 Å². The molecule has 2 aromatic rings. The van der Waals surface area contributed by atoms with Gasteiger partial charge in [-0.15, -0.1) is 11.8 Å². The molecule has 0 atom stereocenters. The zero-order chi connectivity index (χ0) is 16.1. The predicted molar refractivity (Wildman–Crippen MR) is 89.6 cm³/mol. The van der Waals surface area contributed by atoms with Crippen LogP contribution >= 0.6 is 11.8 Å². The molecule has 0 aliphatic rings. The molecule has 1 N–H and O–H groups in total. The maximum absolute atomic E-state index is 13.4. The Balaban J connectivity index is 1.85. The topological polar surface area (TPSA) is 29.1 Å². The molecule has 0 unspecified atom stereocenters. The number of carbonyl (C=O) groups is 1. The van der Waals surface area contributed by atoms with Crippen LogP contribution in [0.3, 0.4) is 0 Å². The van der Waals surface area contributed by atoms with Gasteiger partial charge in [0.25, 0.3) is 0 Å². The van der Waals surface area contributed by atoms with E-state index in [2.05, 4.69) is 23.5 Å². The summed E-state index contributed by atoms with van der Waals surface area (Å²) < 4.78 is 13.4. The van der Waals surface area contributed by atoms with E-state index in [1.165, 1.54) is 29.0 Å². The largest absolute Gasteiger partial charge is 0.351 e. The van der Waals surface area contributed by atoms with Crippen LogP contribution in [-0.2, 0) is 11.3 Å². The number of hydrogen-bond acceptors (Lipinski definition) is 2. The van der Waals surface area contributed by atoms with Crippen LogP contribution in [0.1, 0.15) is 22.3 Å². The summed E-state index contributed by atoms with van der Waals surface area (Å²) in [5.74, 6) is 0.0712. The lowest BCUT2D eigenvalue weighted by Gasteiger charge is -2.08. The van der Waals surface area contributed by atoms with Crippen molar-refractivity contribution in [3.63, 3.8) is 0 Å². The number of carbonyl (C=O) groups excluding carboxylic acids is 1. The monoisotopic (exact) mass is 317 g/mol. The van der Waals surface area contributed by atoms with E-state index in [9.17, 15) is 9.18 Å². The van der Waals surface area contributed by atoms with Crippen LogP contribution in [0.4, 0.5) is 4.39 Å². The molecule has 0 radical (unpaired) electrons. The normalized spacial score (nSPS) is 10.5. The van der Waals surface area contributed by atoms with Gasteiger partial charge in [-0.25, -0.2) is 4.39 Å². The van der Waals surface area contributed by atoms with Gasteiger partial charge in [-0.1, -0.05) is 29.8 Å². The molecule has 116 valence electrons. The van der Waals surface area contributed by atoms with Crippen molar-refractivity contribution in [2.75, 3.05) is 5.75 Å². The van der Waals surface area contributed by atoms with E-state index in [0.29, 0.717) is 17.9 Å². The minimum Gasteiger partial charge on any atom is -0.351 e. The van der Waals surface area contributed by atoms with Crippen LogP contribution < -0.4 is 5.32 Å². The molecule has 0 aromatic heterocycles. The first-order valence-corrected chi connectivity index (χ1v) is 8.16. The molecule has 0 heterocycles. The summed E-state index contributed by atoms with van der Waals surface area (Å²) in [6.07, 6.45) is 0. The molecule has 4 heteroatoms. The third-order valence-electron chi connectivity index (χ3n) is 3.43. The fourth-order valence-corrected chi connectivity index (χ4v) is 2.96. The Morgan fingerprint density at radius 1 is 1.09 bits per heavy atom. The van der Waals surface area contributed by atoms with Crippen LogP contribution in [0.5, 0.6) is 0 Å². The summed E-state index contributed by atoms with van der Waals surface area (Å²) in [5, 5.41) is 2.82. The van der Waals surface area contributed by atoms with Gasteiger partial charge in [0.15, 0.2) is 0 Å². The van der Waals surface area contributed by atoms with Crippen molar-refractivity contribution in [1.82, 2.24) is 5.32 Å². The summed E-state index contributed by atoms with van der Waals surface area (Å²) in [6, 6.07) is 11.2. The van der Waals surface area contributed by atoms with E-state index in [0.717, 1.165) is 10.5 Å². The Kier molecular flexibility index (Phi) is 5.61. The zero-order valence-corrected chi connectivity index (χ0v) is 13.9. The SMILES string of the molecule is Cc1ccc(C)c(SCC(=O)NCc2ccc(C)c(F)c2)c1. The third-order valence-corrected chi connectivity index (χ3v) is 4.59. The van der Waals surface area contributed by atoms with Gasteiger partial charge < -0.3 is 5.32 Å². The van der Waals surface area contributed by atoms with Crippen molar-refractivity contribution in [3.05, 3.63) is 64.5 Å². The van der Waals surface area contributed by atoms with Crippen molar-refractivity contribution >= 4 is 17.7 Å². The number of amides is 1. The van der Waals surface area contributed by atoms with Crippen LogP contribution in [-0.4, -0.2) is 11.7 Å². The highest BCUT2D eigenvalue weighted by atomic mass is 32.2. The Morgan fingerprint density at radius 3 is 2.55 bits per heavy atom. The first kappa shape index (κ1) is 16.6.